The Morgan fingerprint density at radius 1 is 1.05 bits per heavy atom. The van der Waals surface area contributed by atoms with E-state index < -0.39 is 0 Å². The third-order valence-electron chi connectivity index (χ3n) is 3.35. The van der Waals surface area contributed by atoms with Gasteiger partial charge in [-0.05, 0) is 55.0 Å². The van der Waals surface area contributed by atoms with E-state index in [1.54, 1.807) is 13.0 Å². The van der Waals surface area contributed by atoms with E-state index in [0.717, 1.165) is 0 Å². The van der Waals surface area contributed by atoms with Gasteiger partial charge in [-0.25, -0.2) is 8.78 Å². The van der Waals surface area contributed by atoms with Crippen molar-refractivity contribution >= 4 is 22.5 Å². The van der Waals surface area contributed by atoms with Crippen molar-refractivity contribution in [2.75, 3.05) is 5.32 Å². The number of nitrogens with one attached hydrogen (secondary N) is 2. The average Bonchev–Trinajstić information content (AvgIpc) is 2.79. The number of fused-ring (bicyclic) bond motifs is 1. The summed E-state index contributed by atoms with van der Waals surface area (Å²) in [6.07, 6.45) is 0. The fourth-order valence-electron chi connectivity index (χ4n) is 2.25. The molecule has 2 aromatic carbocycles. The Morgan fingerprint density at radius 3 is 2.43 bits per heavy atom. The number of rotatable bonds is 2. The highest BCUT2D eigenvalue weighted by Crippen LogP contribution is 2.23. The Morgan fingerprint density at radius 2 is 1.71 bits per heavy atom. The fourth-order valence-corrected chi connectivity index (χ4v) is 2.25. The summed E-state index contributed by atoms with van der Waals surface area (Å²) < 4.78 is 26.1. The maximum Gasteiger partial charge on any atom is 0.272 e. The summed E-state index contributed by atoms with van der Waals surface area (Å²) in [4.78, 5) is 15.2. The van der Waals surface area contributed by atoms with Crippen molar-refractivity contribution in [1.29, 1.82) is 0 Å². The lowest BCUT2D eigenvalue weighted by Gasteiger charge is -2.04. The number of hydrogen-bond donors (Lipinski definition) is 2. The number of benzene rings is 2. The summed E-state index contributed by atoms with van der Waals surface area (Å²) in [6, 6.07) is 9.80. The number of hydrogen-bond acceptors (Lipinski definition) is 1. The zero-order chi connectivity index (χ0) is 15.0. The van der Waals surface area contributed by atoms with E-state index in [-0.39, 0.29) is 17.5 Å². The van der Waals surface area contributed by atoms with Crippen molar-refractivity contribution in [3.8, 4) is 0 Å². The van der Waals surface area contributed by atoms with Gasteiger partial charge in [0.2, 0.25) is 0 Å². The topological polar surface area (TPSA) is 44.9 Å². The normalized spacial score (nSPS) is 10.8. The number of amides is 1. The average molecular weight is 286 g/mol. The van der Waals surface area contributed by atoms with E-state index in [0.29, 0.717) is 27.8 Å². The molecule has 21 heavy (non-hydrogen) atoms. The lowest BCUT2D eigenvalue weighted by Crippen LogP contribution is -2.13. The Labute approximate surface area is 119 Å². The first-order valence-corrected chi connectivity index (χ1v) is 6.39. The highest BCUT2D eigenvalue weighted by molar-refractivity contribution is 6.07. The molecule has 0 spiro atoms. The molecule has 0 unspecified atom stereocenters. The molecule has 3 aromatic rings. The molecule has 3 nitrogen and oxygen atoms in total. The summed E-state index contributed by atoms with van der Waals surface area (Å²) in [5, 5.41) is 3.34. The molecule has 2 N–H and O–H groups in total. The molecule has 5 heteroatoms. The zero-order valence-corrected chi connectivity index (χ0v) is 11.2. The van der Waals surface area contributed by atoms with Crippen LogP contribution in [0.25, 0.3) is 10.9 Å². The maximum atomic E-state index is 13.3. The fraction of sp³-hybridized carbons (Fsp3) is 0.0625. The second-order valence-electron chi connectivity index (χ2n) is 4.78. The number of aromatic amines is 1. The standard InChI is InChI=1S/C16H12F2N2O/c1-9-13-8-11(18)4-7-14(13)20-15(9)16(21)19-12-5-2-10(17)3-6-12/h2-8,20H,1H3,(H,19,21). The second-order valence-corrected chi connectivity index (χ2v) is 4.78. The molecular weight excluding hydrogens is 274 g/mol. The molecule has 0 saturated heterocycles. The van der Waals surface area contributed by atoms with E-state index in [4.69, 9.17) is 0 Å². The summed E-state index contributed by atoms with van der Waals surface area (Å²) >= 11 is 0. The third kappa shape index (κ3) is 2.50. The van der Waals surface area contributed by atoms with E-state index in [2.05, 4.69) is 10.3 Å². The Kier molecular flexibility index (Phi) is 3.17. The summed E-state index contributed by atoms with van der Waals surface area (Å²) in [7, 11) is 0. The van der Waals surface area contributed by atoms with E-state index >= 15 is 0 Å². The lowest BCUT2D eigenvalue weighted by molar-refractivity contribution is 0.102. The number of aryl methyl sites for hydroxylation is 1. The van der Waals surface area contributed by atoms with Crippen LogP contribution in [0.4, 0.5) is 14.5 Å². The van der Waals surface area contributed by atoms with Crippen LogP contribution in [0.5, 0.6) is 0 Å². The minimum absolute atomic E-state index is 0.351. The van der Waals surface area contributed by atoms with Crippen LogP contribution in [-0.2, 0) is 0 Å². The zero-order valence-electron chi connectivity index (χ0n) is 11.2. The van der Waals surface area contributed by atoms with Gasteiger partial charge in [-0.1, -0.05) is 0 Å². The molecule has 0 bridgehead atoms. The molecule has 0 aliphatic carbocycles. The minimum Gasteiger partial charge on any atom is -0.350 e. The Hall–Kier alpha value is -2.69. The lowest BCUT2D eigenvalue weighted by atomic mass is 10.1. The van der Waals surface area contributed by atoms with Gasteiger partial charge in [0.05, 0.1) is 0 Å². The van der Waals surface area contributed by atoms with Crippen LogP contribution in [0.2, 0.25) is 0 Å². The summed E-state index contributed by atoms with van der Waals surface area (Å²) in [6.45, 7) is 1.75. The molecule has 0 radical (unpaired) electrons. The number of anilines is 1. The van der Waals surface area contributed by atoms with Crippen LogP contribution in [0, 0.1) is 18.6 Å². The molecule has 1 amide bonds. The molecule has 0 aliphatic rings. The Balaban J connectivity index is 1.94. The van der Waals surface area contributed by atoms with Gasteiger partial charge in [-0.3, -0.25) is 4.79 Å². The smallest absolute Gasteiger partial charge is 0.272 e. The van der Waals surface area contributed by atoms with Crippen LogP contribution >= 0.6 is 0 Å². The molecular formula is C16H12F2N2O. The molecule has 1 aromatic heterocycles. The molecule has 1 heterocycles. The van der Waals surface area contributed by atoms with Gasteiger partial charge in [0, 0.05) is 16.6 Å². The quantitative estimate of drug-likeness (QED) is 0.734. The minimum atomic E-state index is -0.370. The van der Waals surface area contributed by atoms with Crippen molar-refractivity contribution in [3.05, 3.63) is 65.4 Å². The molecule has 3 rings (SSSR count). The Bertz CT molecular complexity index is 822. The van der Waals surface area contributed by atoms with Gasteiger partial charge in [0.25, 0.3) is 5.91 Å². The molecule has 0 aliphatic heterocycles. The number of carbonyl (C=O) groups is 1. The van der Waals surface area contributed by atoms with Crippen molar-refractivity contribution in [2.45, 2.75) is 6.92 Å². The molecule has 0 atom stereocenters. The van der Waals surface area contributed by atoms with Crippen molar-refractivity contribution in [3.63, 3.8) is 0 Å². The first kappa shape index (κ1) is 13.3. The monoisotopic (exact) mass is 286 g/mol. The number of aromatic nitrogens is 1. The van der Waals surface area contributed by atoms with E-state index in [1.165, 1.54) is 36.4 Å². The highest BCUT2D eigenvalue weighted by Gasteiger charge is 2.15. The third-order valence-corrected chi connectivity index (χ3v) is 3.35. The van der Waals surface area contributed by atoms with Crippen LogP contribution < -0.4 is 5.32 Å². The largest absolute Gasteiger partial charge is 0.350 e. The molecule has 0 fully saturated rings. The van der Waals surface area contributed by atoms with Gasteiger partial charge in [-0.2, -0.15) is 0 Å². The van der Waals surface area contributed by atoms with Gasteiger partial charge in [-0.15, -0.1) is 0 Å². The van der Waals surface area contributed by atoms with Crippen molar-refractivity contribution in [1.82, 2.24) is 4.98 Å². The molecule has 0 saturated carbocycles. The van der Waals surface area contributed by atoms with Crippen LogP contribution in [0.3, 0.4) is 0 Å². The number of carbonyl (C=O) groups excluding carboxylic acids is 1. The SMILES string of the molecule is Cc1c(C(=O)Nc2ccc(F)cc2)[nH]c2ccc(F)cc12. The van der Waals surface area contributed by atoms with Gasteiger partial charge < -0.3 is 10.3 Å². The van der Waals surface area contributed by atoms with Crippen molar-refractivity contribution in [2.24, 2.45) is 0 Å². The van der Waals surface area contributed by atoms with Crippen LogP contribution in [-0.4, -0.2) is 10.9 Å². The predicted molar refractivity (Wildman–Crippen MR) is 77.3 cm³/mol. The van der Waals surface area contributed by atoms with E-state index in [9.17, 15) is 13.6 Å². The number of H-pyrrole nitrogens is 1. The number of halogens is 2. The van der Waals surface area contributed by atoms with Crippen molar-refractivity contribution < 1.29 is 13.6 Å². The second kappa shape index (κ2) is 5.01. The van der Waals surface area contributed by atoms with Gasteiger partial charge >= 0.3 is 0 Å². The highest BCUT2D eigenvalue weighted by atomic mass is 19.1. The summed E-state index contributed by atoms with van der Waals surface area (Å²) in [5.74, 6) is -1.07. The van der Waals surface area contributed by atoms with Crippen LogP contribution in [0.15, 0.2) is 42.5 Å². The van der Waals surface area contributed by atoms with Crippen LogP contribution in [0.1, 0.15) is 16.1 Å². The predicted octanol–water partition coefficient (Wildman–Crippen LogP) is 4.01. The summed E-state index contributed by atoms with van der Waals surface area (Å²) in [5.41, 5.74) is 2.22. The molecule has 106 valence electrons. The van der Waals surface area contributed by atoms with Gasteiger partial charge in [0.1, 0.15) is 17.3 Å². The first-order valence-electron chi connectivity index (χ1n) is 6.39. The van der Waals surface area contributed by atoms with E-state index in [1.807, 2.05) is 0 Å². The first-order chi connectivity index (χ1) is 10.0. The van der Waals surface area contributed by atoms with Gasteiger partial charge in [0.15, 0.2) is 0 Å². The maximum absolute atomic E-state index is 13.3.